The highest BCUT2D eigenvalue weighted by atomic mass is 16.5. The Bertz CT molecular complexity index is 462. The summed E-state index contributed by atoms with van der Waals surface area (Å²) in [5, 5.41) is 7.41. The number of aromatic nitrogens is 2. The topological polar surface area (TPSA) is 55.0 Å². The average Bonchev–Trinajstić information content (AvgIpc) is 2.61. The van der Waals surface area contributed by atoms with Crippen molar-refractivity contribution in [3.05, 3.63) is 30.0 Å². The normalized spacial score (nSPS) is 10.4. The van der Waals surface area contributed by atoms with Crippen LogP contribution in [0.4, 0.5) is 0 Å². The van der Waals surface area contributed by atoms with Gasteiger partial charge in [-0.05, 0) is 25.1 Å². The quantitative estimate of drug-likeness (QED) is 0.729. The van der Waals surface area contributed by atoms with E-state index in [9.17, 15) is 4.79 Å². The maximum absolute atomic E-state index is 11.4. The SMILES string of the molecule is CCOC(=O)c1n[nH]c2c[c]ccc12. The summed E-state index contributed by atoms with van der Waals surface area (Å²) < 4.78 is 4.86. The fourth-order valence-corrected chi connectivity index (χ4v) is 1.26. The van der Waals surface area contributed by atoms with Crippen LogP contribution in [0.15, 0.2) is 18.2 Å². The highest BCUT2D eigenvalue weighted by Gasteiger charge is 2.13. The second-order valence-electron chi connectivity index (χ2n) is 2.76. The Hall–Kier alpha value is -1.84. The van der Waals surface area contributed by atoms with Crippen LogP contribution >= 0.6 is 0 Å². The highest BCUT2D eigenvalue weighted by Crippen LogP contribution is 2.15. The average molecular weight is 189 g/mol. The number of ether oxygens (including phenoxy) is 1. The first-order valence-corrected chi connectivity index (χ1v) is 4.34. The molecular formula is C10H9N2O2. The standard InChI is InChI=1S/C10H9N2O2/c1-2-14-10(13)9-7-5-3-4-6-8(7)11-12-9/h3,5-6H,2H2,1H3,(H,11,12). The molecule has 0 atom stereocenters. The van der Waals surface area contributed by atoms with Gasteiger partial charge in [0.1, 0.15) is 0 Å². The van der Waals surface area contributed by atoms with E-state index in [4.69, 9.17) is 4.74 Å². The molecule has 4 heteroatoms. The van der Waals surface area contributed by atoms with E-state index in [1.807, 2.05) is 0 Å². The lowest BCUT2D eigenvalue weighted by molar-refractivity contribution is 0.0521. The molecule has 0 bridgehead atoms. The van der Waals surface area contributed by atoms with Gasteiger partial charge in [0.05, 0.1) is 12.1 Å². The van der Waals surface area contributed by atoms with Crippen LogP contribution in [0.5, 0.6) is 0 Å². The van der Waals surface area contributed by atoms with E-state index in [-0.39, 0.29) is 0 Å². The van der Waals surface area contributed by atoms with Crippen molar-refractivity contribution in [2.75, 3.05) is 6.61 Å². The molecule has 0 amide bonds. The molecule has 1 heterocycles. The number of hydrogen-bond donors (Lipinski definition) is 1. The summed E-state index contributed by atoms with van der Waals surface area (Å²) in [5.41, 5.74) is 1.12. The molecule has 0 aliphatic carbocycles. The molecule has 1 radical (unpaired) electrons. The lowest BCUT2D eigenvalue weighted by Gasteiger charge is -1.97. The summed E-state index contributed by atoms with van der Waals surface area (Å²) in [7, 11) is 0. The smallest absolute Gasteiger partial charge is 0.359 e. The summed E-state index contributed by atoms with van der Waals surface area (Å²) in [6.45, 7) is 2.12. The summed E-state index contributed by atoms with van der Waals surface area (Å²) in [4.78, 5) is 11.4. The zero-order valence-corrected chi connectivity index (χ0v) is 7.70. The van der Waals surface area contributed by atoms with Crippen molar-refractivity contribution in [1.82, 2.24) is 10.2 Å². The van der Waals surface area contributed by atoms with Crippen molar-refractivity contribution in [1.29, 1.82) is 0 Å². The Kier molecular flexibility index (Phi) is 2.18. The Labute approximate surface area is 80.9 Å². The van der Waals surface area contributed by atoms with Crippen molar-refractivity contribution >= 4 is 16.9 Å². The summed E-state index contributed by atoms with van der Waals surface area (Å²) in [5.74, 6) is -0.398. The first kappa shape index (κ1) is 8.74. The molecule has 0 aliphatic heterocycles. The molecule has 71 valence electrons. The van der Waals surface area contributed by atoms with Gasteiger partial charge < -0.3 is 4.74 Å². The lowest BCUT2D eigenvalue weighted by atomic mass is 10.2. The molecule has 0 aliphatic rings. The molecule has 14 heavy (non-hydrogen) atoms. The predicted octanol–water partition coefficient (Wildman–Crippen LogP) is 1.54. The number of H-pyrrole nitrogens is 1. The molecule has 4 nitrogen and oxygen atoms in total. The van der Waals surface area contributed by atoms with E-state index in [0.29, 0.717) is 12.3 Å². The van der Waals surface area contributed by atoms with Crippen molar-refractivity contribution < 1.29 is 9.53 Å². The van der Waals surface area contributed by atoms with E-state index in [2.05, 4.69) is 16.3 Å². The second-order valence-corrected chi connectivity index (χ2v) is 2.76. The maximum atomic E-state index is 11.4. The van der Waals surface area contributed by atoms with Gasteiger partial charge in [-0.2, -0.15) is 5.10 Å². The zero-order valence-electron chi connectivity index (χ0n) is 7.70. The molecule has 2 rings (SSSR count). The van der Waals surface area contributed by atoms with Crippen molar-refractivity contribution in [3.63, 3.8) is 0 Å². The third kappa shape index (κ3) is 1.35. The molecule has 1 N–H and O–H groups in total. The fraction of sp³-hybridized carbons (Fsp3) is 0.200. The second kappa shape index (κ2) is 3.49. The summed E-state index contributed by atoms with van der Waals surface area (Å²) in [6.07, 6.45) is 0. The molecule has 1 aromatic heterocycles. The number of nitrogens with zero attached hydrogens (tertiary/aromatic N) is 1. The number of hydrogen-bond acceptors (Lipinski definition) is 3. The fourth-order valence-electron chi connectivity index (χ4n) is 1.26. The highest BCUT2D eigenvalue weighted by molar-refractivity contribution is 6.01. The Balaban J connectivity index is 2.47. The van der Waals surface area contributed by atoms with Gasteiger partial charge in [0.2, 0.25) is 0 Å². The van der Waals surface area contributed by atoms with Crippen LogP contribution in [0, 0.1) is 6.07 Å². The van der Waals surface area contributed by atoms with Gasteiger partial charge in [0.15, 0.2) is 5.69 Å². The number of esters is 1. The lowest BCUT2D eigenvalue weighted by Crippen LogP contribution is -2.05. The van der Waals surface area contributed by atoms with Crippen molar-refractivity contribution in [2.24, 2.45) is 0 Å². The van der Waals surface area contributed by atoms with Crippen LogP contribution in [0.1, 0.15) is 17.4 Å². The summed E-state index contributed by atoms with van der Waals surface area (Å²) >= 11 is 0. The number of nitrogens with one attached hydrogen (secondary N) is 1. The van der Waals surface area contributed by atoms with Gasteiger partial charge in [0.25, 0.3) is 0 Å². The molecule has 1 aromatic carbocycles. The number of carbonyl (C=O) groups excluding carboxylic acids is 1. The molecule has 0 unspecified atom stereocenters. The van der Waals surface area contributed by atoms with E-state index in [0.717, 1.165) is 10.9 Å². The Morgan fingerprint density at radius 3 is 3.36 bits per heavy atom. The van der Waals surface area contributed by atoms with Gasteiger partial charge in [-0.1, -0.05) is 6.07 Å². The number of aromatic amines is 1. The van der Waals surface area contributed by atoms with E-state index in [1.54, 1.807) is 25.1 Å². The van der Waals surface area contributed by atoms with Gasteiger partial charge in [-0.15, -0.1) is 0 Å². The molecular weight excluding hydrogens is 180 g/mol. The van der Waals surface area contributed by atoms with E-state index < -0.39 is 5.97 Å². The monoisotopic (exact) mass is 189 g/mol. The first-order valence-electron chi connectivity index (χ1n) is 4.34. The Morgan fingerprint density at radius 2 is 2.57 bits per heavy atom. The summed E-state index contributed by atoms with van der Waals surface area (Å²) in [6, 6.07) is 8.16. The molecule has 0 saturated heterocycles. The van der Waals surface area contributed by atoms with Gasteiger partial charge in [-0.3, -0.25) is 5.10 Å². The third-order valence-electron chi connectivity index (χ3n) is 1.88. The van der Waals surface area contributed by atoms with Gasteiger partial charge in [-0.25, -0.2) is 4.79 Å². The van der Waals surface area contributed by atoms with Crippen LogP contribution in [-0.2, 0) is 4.74 Å². The Morgan fingerprint density at radius 1 is 1.71 bits per heavy atom. The largest absolute Gasteiger partial charge is 0.461 e. The van der Waals surface area contributed by atoms with E-state index >= 15 is 0 Å². The van der Waals surface area contributed by atoms with Crippen LogP contribution in [0.25, 0.3) is 10.9 Å². The minimum Gasteiger partial charge on any atom is -0.461 e. The molecule has 2 aromatic rings. The first-order chi connectivity index (χ1) is 6.83. The van der Waals surface area contributed by atoms with Crippen LogP contribution < -0.4 is 0 Å². The molecule has 0 fully saturated rings. The predicted molar refractivity (Wildman–Crippen MR) is 50.9 cm³/mol. The van der Waals surface area contributed by atoms with Crippen molar-refractivity contribution in [2.45, 2.75) is 6.92 Å². The maximum Gasteiger partial charge on any atom is 0.359 e. The van der Waals surface area contributed by atoms with Gasteiger partial charge >= 0.3 is 5.97 Å². The number of rotatable bonds is 2. The van der Waals surface area contributed by atoms with Crippen LogP contribution in [0.2, 0.25) is 0 Å². The molecule has 0 spiro atoms. The van der Waals surface area contributed by atoms with Crippen LogP contribution in [-0.4, -0.2) is 22.8 Å². The van der Waals surface area contributed by atoms with Gasteiger partial charge in [0, 0.05) is 5.39 Å². The molecule has 0 saturated carbocycles. The number of fused-ring (bicyclic) bond motifs is 1. The van der Waals surface area contributed by atoms with Crippen LogP contribution in [0.3, 0.4) is 0 Å². The van der Waals surface area contributed by atoms with E-state index in [1.165, 1.54) is 0 Å². The zero-order chi connectivity index (χ0) is 9.97. The third-order valence-corrected chi connectivity index (χ3v) is 1.88. The minimum atomic E-state index is -0.398. The van der Waals surface area contributed by atoms with Crippen molar-refractivity contribution in [3.8, 4) is 0 Å². The number of carbonyl (C=O) groups is 1. The minimum absolute atomic E-state index is 0.329. The number of benzene rings is 1.